The molecule has 58 heavy (non-hydrogen) atoms. The van der Waals surface area contributed by atoms with Crippen molar-refractivity contribution in [1.29, 1.82) is 0 Å². The van der Waals surface area contributed by atoms with Gasteiger partial charge in [-0.25, -0.2) is 18.0 Å². The Hall–Kier alpha value is -5.03. The third kappa shape index (κ3) is 6.40. The normalized spacial score (nSPS) is 30.9. The molecule has 18 heteroatoms. The van der Waals surface area contributed by atoms with Crippen LogP contribution < -0.4 is 9.64 Å². The minimum Gasteiger partial charge on any atom is -0.508 e. The molecule has 9 atom stereocenters. The molecular weight excluding hydrogens is 765 g/mol. The number of hydrogen-bond donors (Lipinski definition) is 5. The van der Waals surface area contributed by atoms with Crippen molar-refractivity contribution in [3.05, 3.63) is 47.7 Å². The van der Waals surface area contributed by atoms with E-state index in [-0.39, 0.29) is 76.8 Å². The number of carbonyl (C=O) groups is 1. The topological polar surface area (TPSA) is 194 Å². The van der Waals surface area contributed by atoms with Gasteiger partial charge in [0.15, 0.2) is 12.1 Å². The molecule has 5 aliphatic rings. The number of aromatic hydroxyl groups is 1. The lowest BCUT2D eigenvalue weighted by molar-refractivity contribution is -0.286. The van der Waals surface area contributed by atoms with Gasteiger partial charge in [-0.15, -0.1) is 6.42 Å². The van der Waals surface area contributed by atoms with E-state index in [1.807, 2.05) is 4.90 Å². The Kier molecular flexibility index (Phi) is 9.73. The number of aromatic nitrogens is 3. The van der Waals surface area contributed by atoms with Crippen molar-refractivity contribution in [3.8, 4) is 35.4 Å². The van der Waals surface area contributed by atoms with Crippen LogP contribution in [0.15, 0.2) is 30.5 Å². The number of terminal acetylenes is 1. The molecule has 5 fully saturated rings. The number of aliphatic hydroxyl groups is 4. The summed E-state index contributed by atoms with van der Waals surface area (Å²) < 4.78 is 63.6. The Labute approximate surface area is 329 Å². The number of halogens is 3. The van der Waals surface area contributed by atoms with E-state index in [2.05, 4.69) is 20.8 Å². The largest absolute Gasteiger partial charge is 0.508 e. The number of fused-ring (bicyclic) bond motifs is 5. The van der Waals surface area contributed by atoms with Crippen LogP contribution in [-0.4, -0.2) is 150 Å². The Balaban J connectivity index is 1.05. The van der Waals surface area contributed by atoms with Gasteiger partial charge in [0.05, 0.1) is 28.6 Å². The average Bonchev–Trinajstić information content (AvgIpc) is 3.83. The summed E-state index contributed by atoms with van der Waals surface area (Å²) in [5, 5.41) is 51.4. The zero-order valence-corrected chi connectivity index (χ0v) is 31.0. The van der Waals surface area contributed by atoms with Gasteiger partial charge in [0.1, 0.15) is 72.4 Å². The minimum atomic E-state index is -1.79. The zero-order chi connectivity index (χ0) is 40.6. The first kappa shape index (κ1) is 38.5. The fraction of sp³-hybridized carbons (Fsp3) is 0.500. The first-order valence-electron chi connectivity index (χ1n) is 19.2. The van der Waals surface area contributed by atoms with Crippen LogP contribution in [-0.2, 0) is 9.47 Å². The summed E-state index contributed by atoms with van der Waals surface area (Å²) in [7, 11) is 0. The molecule has 0 saturated carbocycles. The molecule has 5 saturated heterocycles. The summed E-state index contributed by atoms with van der Waals surface area (Å²) in [5.74, 6) is 0.768. The maximum atomic E-state index is 17.1. The Morgan fingerprint density at radius 3 is 2.59 bits per heavy atom. The van der Waals surface area contributed by atoms with Crippen molar-refractivity contribution < 1.29 is 57.7 Å². The van der Waals surface area contributed by atoms with E-state index in [4.69, 9.17) is 25.6 Å². The summed E-state index contributed by atoms with van der Waals surface area (Å²) >= 11 is 0. The number of piperazine rings is 1. The van der Waals surface area contributed by atoms with E-state index in [9.17, 15) is 39.1 Å². The van der Waals surface area contributed by atoms with Gasteiger partial charge >= 0.3 is 12.1 Å². The van der Waals surface area contributed by atoms with E-state index in [1.54, 1.807) is 4.90 Å². The number of nitrogens with zero attached hydrogens (tertiary/aromatic N) is 6. The molecule has 7 heterocycles. The molecule has 4 aromatic rings. The van der Waals surface area contributed by atoms with Crippen molar-refractivity contribution in [2.75, 3.05) is 44.3 Å². The van der Waals surface area contributed by atoms with E-state index >= 15 is 4.39 Å². The van der Waals surface area contributed by atoms with Crippen LogP contribution in [0, 0.1) is 24.0 Å². The summed E-state index contributed by atoms with van der Waals surface area (Å²) in [5.41, 5.74) is -1.08. The SMILES string of the molecule is C#Cc1c(F)ccc2cc(O)cc(-c3ncc4c(N5CC6CCC(C5)N6C(=O)OC[C@H]5OC(O)[C@H](O)[C@@H](O)[C@H]5O)nc(OC[C@@]56CCCN5C[C@H](F)C6)nc4c3F)c12. The van der Waals surface area contributed by atoms with Crippen LogP contribution in [0.2, 0.25) is 0 Å². The number of rotatable bonds is 7. The number of amides is 1. The Morgan fingerprint density at radius 1 is 1.05 bits per heavy atom. The standard InChI is InChI=1S/C40H41F3N6O9/c1-2-24-27(42)7-4-19-10-23(50)11-25(29(19)24)31-30(43)32-26(13-44-31)36(46-38(45-32)57-18-40-8-3-9-48(40)14-20(41)12-40)47-15-21-5-6-22(16-47)49(21)39(55)56-17-28-33(51)34(52)35(53)37(54)58-28/h1,4,7,10-11,13,20-22,28,33-35,37,50-54H,3,5-6,8-9,12,14-18H2/t20-,21?,22?,28-,33+,34+,35-,37?,40+/m1/s1. The van der Waals surface area contributed by atoms with Crippen molar-refractivity contribution in [3.63, 3.8) is 0 Å². The van der Waals surface area contributed by atoms with E-state index in [1.165, 1.54) is 30.5 Å². The fourth-order valence-corrected chi connectivity index (χ4v) is 9.59. The third-order valence-corrected chi connectivity index (χ3v) is 12.4. The molecular formula is C40H41F3N6O9. The van der Waals surface area contributed by atoms with E-state index in [0.717, 1.165) is 13.0 Å². The number of hydrogen-bond acceptors (Lipinski definition) is 14. The lowest BCUT2D eigenvalue weighted by Crippen LogP contribution is -2.59. The Morgan fingerprint density at radius 2 is 1.83 bits per heavy atom. The highest BCUT2D eigenvalue weighted by atomic mass is 19.1. The molecule has 0 spiro atoms. The van der Waals surface area contributed by atoms with Crippen LogP contribution >= 0.6 is 0 Å². The van der Waals surface area contributed by atoms with Gasteiger partial charge in [-0.2, -0.15) is 9.97 Å². The third-order valence-electron chi connectivity index (χ3n) is 12.4. The predicted molar refractivity (Wildman–Crippen MR) is 199 cm³/mol. The molecule has 2 bridgehead atoms. The number of phenolic OH excluding ortho intramolecular Hbond substituents is 1. The van der Waals surface area contributed by atoms with Crippen LogP contribution in [0.3, 0.4) is 0 Å². The van der Waals surface area contributed by atoms with Crippen molar-refractivity contribution in [2.24, 2.45) is 0 Å². The lowest BCUT2D eigenvalue weighted by atomic mass is 9.95. The van der Waals surface area contributed by atoms with Gasteiger partial charge in [-0.05, 0) is 55.8 Å². The second-order valence-corrected chi connectivity index (χ2v) is 15.8. The molecule has 9 rings (SSSR count). The number of phenols is 1. The number of aliphatic hydroxyl groups excluding tert-OH is 4. The molecule has 2 aromatic heterocycles. The number of anilines is 1. The summed E-state index contributed by atoms with van der Waals surface area (Å²) in [6.45, 7) is 1.05. The fourth-order valence-electron chi connectivity index (χ4n) is 9.59. The number of carbonyl (C=O) groups excluding carboxylic acids is 1. The maximum absolute atomic E-state index is 17.1. The number of alkyl halides is 1. The highest BCUT2D eigenvalue weighted by molar-refractivity contribution is 6.03. The lowest BCUT2D eigenvalue weighted by Gasteiger charge is -2.42. The molecule has 5 N–H and O–H groups in total. The average molecular weight is 807 g/mol. The Bertz CT molecular complexity index is 2320. The smallest absolute Gasteiger partial charge is 0.410 e. The highest BCUT2D eigenvalue weighted by Gasteiger charge is 2.50. The molecule has 2 aromatic carbocycles. The van der Waals surface area contributed by atoms with Crippen molar-refractivity contribution >= 4 is 33.6 Å². The van der Waals surface area contributed by atoms with Crippen LogP contribution in [0.1, 0.15) is 37.7 Å². The number of ether oxygens (including phenoxy) is 3. The summed E-state index contributed by atoms with van der Waals surface area (Å²) in [6, 6.07) is 4.29. The number of benzene rings is 2. The first-order chi connectivity index (χ1) is 27.9. The molecule has 0 radical (unpaired) electrons. The number of pyridine rings is 1. The maximum Gasteiger partial charge on any atom is 0.410 e. The van der Waals surface area contributed by atoms with Gasteiger partial charge in [0.25, 0.3) is 0 Å². The second kappa shape index (κ2) is 14.7. The van der Waals surface area contributed by atoms with Crippen LogP contribution in [0.4, 0.5) is 23.8 Å². The monoisotopic (exact) mass is 806 g/mol. The van der Waals surface area contributed by atoms with Gasteiger partial charge in [-0.1, -0.05) is 12.0 Å². The quantitative estimate of drug-likeness (QED) is 0.171. The molecule has 5 aliphatic heterocycles. The van der Waals surface area contributed by atoms with Crippen LogP contribution in [0.5, 0.6) is 11.8 Å². The zero-order valence-electron chi connectivity index (χ0n) is 31.0. The summed E-state index contributed by atoms with van der Waals surface area (Å²) in [4.78, 5) is 32.7. The van der Waals surface area contributed by atoms with E-state index in [0.29, 0.717) is 31.2 Å². The minimum absolute atomic E-state index is 0.0430. The molecule has 1 amide bonds. The van der Waals surface area contributed by atoms with Crippen molar-refractivity contribution in [2.45, 2.75) is 86.6 Å². The molecule has 15 nitrogen and oxygen atoms in total. The van der Waals surface area contributed by atoms with Gasteiger partial charge in [-0.3, -0.25) is 14.8 Å². The van der Waals surface area contributed by atoms with Crippen molar-refractivity contribution in [1.82, 2.24) is 24.8 Å². The molecule has 306 valence electrons. The van der Waals surface area contributed by atoms with Crippen LogP contribution in [0.25, 0.3) is 32.9 Å². The van der Waals surface area contributed by atoms with Gasteiger partial charge < -0.3 is 44.6 Å². The molecule has 0 aliphatic carbocycles. The van der Waals surface area contributed by atoms with Gasteiger partial charge in [0.2, 0.25) is 0 Å². The first-order valence-corrected chi connectivity index (χ1v) is 19.2. The summed E-state index contributed by atoms with van der Waals surface area (Å²) in [6.07, 6.45) is 0.274. The predicted octanol–water partition coefficient (Wildman–Crippen LogP) is 2.35. The second-order valence-electron chi connectivity index (χ2n) is 15.8. The van der Waals surface area contributed by atoms with E-state index < -0.39 is 78.8 Å². The van der Waals surface area contributed by atoms with Gasteiger partial charge in [0, 0.05) is 43.2 Å². The molecule has 3 unspecified atom stereocenters. The highest BCUT2D eigenvalue weighted by Crippen LogP contribution is 2.43.